The lowest BCUT2D eigenvalue weighted by Crippen LogP contribution is -2.34. The number of hydrogen-bond acceptors (Lipinski definition) is 4. The Balaban J connectivity index is 1.70. The molecular formula is C17H27NO3. The lowest BCUT2D eigenvalue weighted by atomic mass is 9.99. The second-order valence-corrected chi connectivity index (χ2v) is 5.91. The first-order valence-electron chi connectivity index (χ1n) is 7.75. The van der Waals surface area contributed by atoms with Gasteiger partial charge in [0, 0.05) is 20.2 Å². The zero-order valence-electron chi connectivity index (χ0n) is 13.1. The molecule has 21 heavy (non-hydrogen) atoms. The van der Waals surface area contributed by atoms with Crippen molar-refractivity contribution in [3.05, 3.63) is 35.9 Å². The molecule has 2 rings (SSSR count). The van der Waals surface area contributed by atoms with Gasteiger partial charge in [-0.1, -0.05) is 30.3 Å². The number of hydrogen-bond donors (Lipinski definition) is 1. The highest BCUT2D eigenvalue weighted by molar-refractivity contribution is 5.20. The van der Waals surface area contributed by atoms with Gasteiger partial charge in [-0.3, -0.25) is 0 Å². The molecule has 1 aromatic carbocycles. The molecule has 1 aromatic rings. The van der Waals surface area contributed by atoms with Crippen molar-refractivity contribution in [1.29, 1.82) is 0 Å². The molecule has 0 radical (unpaired) electrons. The third-order valence-electron chi connectivity index (χ3n) is 3.99. The molecule has 4 heteroatoms. The lowest BCUT2D eigenvalue weighted by molar-refractivity contribution is -0.0383. The third kappa shape index (κ3) is 5.40. The number of β-amino-alcohol motifs (C(OH)–C–C–N with tert-alkyl or cyclic N) is 1. The summed E-state index contributed by atoms with van der Waals surface area (Å²) in [5, 5.41) is 10.1. The molecule has 0 spiro atoms. The van der Waals surface area contributed by atoms with E-state index in [0.29, 0.717) is 25.7 Å². The van der Waals surface area contributed by atoms with Gasteiger partial charge in [0.15, 0.2) is 0 Å². The third-order valence-corrected chi connectivity index (χ3v) is 3.99. The van der Waals surface area contributed by atoms with Crippen LogP contribution in [0.2, 0.25) is 0 Å². The van der Waals surface area contributed by atoms with E-state index in [9.17, 15) is 5.11 Å². The van der Waals surface area contributed by atoms with Crippen molar-refractivity contribution in [1.82, 2.24) is 4.90 Å². The van der Waals surface area contributed by atoms with Gasteiger partial charge in [-0.15, -0.1) is 0 Å². The maximum absolute atomic E-state index is 10.1. The molecule has 0 amide bonds. The van der Waals surface area contributed by atoms with Crippen molar-refractivity contribution < 1.29 is 14.6 Å². The number of benzene rings is 1. The van der Waals surface area contributed by atoms with Crippen molar-refractivity contribution in [2.24, 2.45) is 0 Å². The summed E-state index contributed by atoms with van der Waals surface area (Å²) in [7, 11) is 1.66. The molecule has 0 saturated carbocycles. The van der Waals surface area contributed by atoms with Crippen LogP contribution in [0.3, 0.4) is 0 Å². The van der Waals surface area contributed by atoms with Gasteiger partial charge in [-0.2, -0.15) is 0 Å². The Hall–Kier alpha value is -0.940. The molecule has 1 saturated heterocycles. The summed E-state index contributed by atoms with van der Waals surface area (Å²) in [5.74, 6) is 0.590. The van der Waals surface area contributed by atoms with Gasteiger partial charge in [0.25, 0.3) is 0 Å². The van der Waals surface area contributed by atoms with Gasteiger partial charge in [0.2, 0.25) is 0 Å². The molecule has 1 heterocycles. The van der Waals surface area contributed by atoms with Crippen LogP contribution in [-0.4, -0.2) is 62.2 Å². The van der Waals surface area contributed by atoms with Crippen LogP contribution in [0, 0.1) is 0 Å². The first-order chi connectivity index (χ1) is 10.2. The van der Waals surface area contributed by atoms with Gasteiger partial charge in [-0.25, -0.2) is 0 Å². The molecule has 1 aliphatic rings. The average molecular weight is 293 g/mol. The molecule has 0 aliphatic carbocycles. The number of rotatable bonds is 8. The summed E-state index contributed by atoms with van der Waals surface area (Å²) in [6, 6.07) is 10.6. The topological polar surface area (TPSA) is 41.9 Å². The Morgan fingerprint density at radius 1 is 1.29 bits per heavy atom. The zero-order chi connectivity index (χ0) is 15.1. The SMILES string of the molecule is COCC(C)OCC(O)CN1CCC(c2ccccc2)C1. The molecule has 3 atom stereocenters. The van der Waals surface area contributed by atoms with E-state index >= 15 is 0 Å². The smallest absolute Gasteiger partial charge is 0.0900 e. The Labute approximate surface area is 127 Å². The largest absolute Gasteiger partial charge is 0.389 e. The van der Waals surface area contributed by atoms with Gasteiger partial charge >= 0.3 is 0 Å². The van der Waals surface area contributed by atoms with Crippen molar-refractivity contribution >= 4 is 0 Å². The predicted octanol–water partition coefficient (Wildman–Crippen LogP) is 1.89. The lowest BCUT2D eigenvalue weighted by Gasteiger charge is -2.21. The van der Waals surface area contributed by atoms with E-state index in [2.05, 4.69) is 35.2 Å². The van der Waals surface area contributed by atoms with Crippen LogP contribution in [0.15, 0.2) is 30.3 Å². The van der Waals surface area contributed by atoms with Crippen LogP contribution < -0.4 is 0 Å². The van der Waals surface area contributed by atoms with Crippen molar-refractivity contribution in [3.63, 3.8) is 0 Å². The van der Waals surface area contributed by atoms with Crippen molar-refractivity contribution in [2.75, 3.05) is 40.0 Å². The highest BCUT2D eigenvalue weighted by Crippen LogP contribution is 2.26. The number of nitrogens with zero attached hydrogens (tertiary/aromatic N) is 1. The van der Waals surface area contributed by atoms with Gasteiger partial charge in [-0.05, 0) is 31.4 Å². The summed E-state index contributed by atoms with van der Waals surface area (Å²) in [6.07, 6.45) is 0.761. The summed E-state index contributed by atoms with van der Waals surface area (Å²) < 4.78 is 10.6. The van der Waals surface area contributed by atoms with Crippen LogP contribution >= 0.6 is 0 Å². The Kier molecular flexibility index (Phi) is 6.64. The molecule has 1 fully saturated rings. The Morgan fingerprint density at radius 3 is 2.76 bits per heavy atom. The number of ether oxygens (including phenoxy) is 2. The molecule has 1 N–H and O–H groups in total. The number of aliphatic hydroxyl groups is 1. The molecular weight excluding hydrogens is 266 g/mol. The summed E-state index contributed by atoms with van der Waals surface area (Å²) >= 11 is 0. The summed E-state index contributed by atoms with van der Waals surface area (Å²) in [4.78, 5) is 2.33. The van der Waals surface area contributed by atoms with Crippen molar-refractivity contribution in [2.45, 2.75) is 31.5 Å². The zero-order valence-corrected chi connectivity index (χ0v) is 13.1. The standard InChI is InChI=1S/C17H27NO3/c1-14(12-20-2)21-13-17(19)11-18-9-8-16(10-18)15-6-4-3-5-7-15/h3-7,14,16-17,19H,8-13H2,1-2H3. The number of aliphatic hydroxyl groups excluding tert-OH is 1. The van der Waals surface area contributed by atoms with E-state index in [-0.39, 0.29) is 6.10 Å². The van der Waals surface area contributed by atoms with E-state index in [1.807, 2.05) is 6.92 Å². The van der Waals surface area contributed by atoms with Crippen LogP contribution in [0.5, 0.6) is 0 Å². The minimum Gasteiger partial charge on any atom is -0.389 e. The fraction of sp³-hybridized carbons (Fsp3) is 0.647. The Morgan fingerprint density at radius 2 is 2.05 bits per heavy atom. The quantitative estimate of drug-likeness (QED) is 0.795. The summed E-state index contributed by atoms with van der Waals surface area (Å²) in [6.45, 7) is 5.64. The van der Waals surface area contributed by atoms with Crippen LogP contribution in [0.4, 0.5) is 0 Å². The average Bonchev–Trinajstić information content (AvgIpc) is 2.95. The maximum Gasteiger partial charge on any atom is 0.0900 e. The number of methoxy groups -OCH3 is 1. The number of likely N-dealkylation sites (tertiary alicyclic amines) is 1. The summed E-state index contributed by atoms with van der Waals surface area (Å²) in [5.41, 5.74) is 1.40. The highest BCUT2D eigenvalue weighted by Gasteiger charge is 2.25. The molecule has 3 unspecified atom stereocenters. The molecule has 4 nitrogen and oxygen atoms in total. The van der Waals surface area contributed by atoms with E-state index in [0.717, 1.165) is 19.5 Å². The second kappa shape index (κ2) is 8.49. The maximum atomic E-state index is 10.1. The van der Waals surface area contributed by atoms with Gasteiger partial charge in [0.1, 0.15) is 0 Å². The highest BCUT2D eigenvalue weighted by atomic mass is 16.5. The minimum atomic E-state index is -0.432. The monoisotopic (exact) mass is 293 g/mol. The Bertz CT molecular complexity index is 398. The first kappa shape index (κ1) is 16.4. The van der Waals surface area contributed by atoms with E-state index in [4.69, 9.17) is 9.47 Å². The van der Waals surface area contributed by atoms with Crippen LogP contribution in [-0.2, 0) is 9.47 Å². The minimum absolute atomic E-state index is 0.0281. The van der Waals surface area contributed by atoms with E-state index in [1.54, 1.807) is 7.11 Å². The second-order valence-electron chi connectivity index (χ2n) is 5.91. The van der Waals surface area contributed by atoms with Crippen LogP contribution in [0.25, 0.3) is 0 Å². The molecule has 1 aliphatic heterocycles. The normalized spacial score (nSPS) is 22.3. The fourth-order valence-electron chi connectivity index (χ4n) is 2.90. The molecule has 0 aromatic heterocycles. The van der Waals surface area contributed by atoms with Crippen LogP contribution in [0.1, 0.15) is 24.8 Å². The van der Waals surface area contributed by atoms with E-state index < -0.39 is 6.10 Å². The molecule has 0 bridgehead atoms. The van der Waals surface area contributed by atoms with Gasteiger partial charge < -0.3 is 19.5 Å². The van der Waals surface area contributed by atoms with Gasteiger partial charge in [0.05, 0.1) is 25.4 Å². The van der Waals surface area contributed by atoms with Crippen molar-refractivity contribution in [3.8, 4) is 0 Å². The van der Waals surface area contributed by atoms with E-state index in [1.165, 1.54) is 5.56 Å². The fourth-order valence-corrected chi connectivity index (χ4v) is 2.90. The predicted molar refractivity (Wildman–Crippen MR) is 83.5 cm³/mol. The first-order valence-corrected chi connectivity index (χ1v) is 7.75. The molecule has 118 valence electrons.